The molecule has 0 bridgehead atoms. The molecule has 0 heterocycles. The van der Waals surface area contributed by atoms with Gasteiger partial charge in [0.05, 0.1) is 0 Å². The Morgan fingerprint density at radius 3 is 2.65 bits per heavy atom. The van der Waals surface area contributed by atoms with E-state index in [2.05, 4.69) is 34.3 Å². The fraction of sp³-hybridized carbons (Fsp3) is 0.882. The normalized spacial score (nSPS) is 31.2. The van der Waals surface area contributed by atoms with E-state index in [1.54, 1.807) is 0 Å². The van der Waals surface area contributed by atoms with Crippen LogP contribution in [0.15, 0.2) is 12.2 Å². The highest BCUT2D eigenvalue weighted by Crippen LogP contribution is 2.42. The van der Waals surface area contributed by atoms with Gasteiger partial charge in [-0.15, -0.1) is 6.58 Å². The van der Waals surface area contributed by atoms with Gasteiger partial charge in [0.15, 0.2) is 0 Å². The molecule has 0 aliphatic heterocycles. The maximum absolute atomic E-state index is 4.08. The van der Waals surface area contributed by atoms with Crippen molar-refractivity contribution in [1.82, 2.24) is 0 Å². The van der Waals surface area contributed by atoms with Gasteiger partial charge in [-0.2, -0.15) is 0 Å². The molecule has 0 aromatic carbocycles. The van der Waals surface area contributed by atoms with Crippen LogP contribution in [-0.2, 0) is 0 Å². The molecule has 0 aromatic heterocycles. The van der Waals surface area contributed by atoms with E-state index in [0.717, 1.165) is 23.7 Å². The van der Waals surface area contributed by atoms with Gasteiger partial charge >= 0.3 is 0 Å². The Hall–Kier alpha value is -0.260. The lowest BCUT2D eigenvalue weighted by Crippen LogP contribution is -2.30. The SMILES string of the molecule is C=C(C)CC(C)C1CCCC(CCCC)C1C. The quantitative estimate of drug-likeness (QED) is 0.509. The van der Waals surface area contributed by atoms with E-state index < -0.39 is 0 Å². The second-order valence-corrected chi connectivity index (χ2v) is 6.49. The lowest BCUT2D eigenvalue weighted by molar-refractivity contribution is 0.113. The molecule has 1 saturated carbocycles. The first-order valence-corrected chi connectivity index (χ1v) is 7.70. The van der Waals surface area contributed by atoms with E-state index in [9.17, 15) is 0 Å². The summed E-state index contributed by atoms with van der Waals surface area (Å²) in [5, 5.41) is 0. The van der Waals surface area contributed by atoms with Crippen molar-refractivity contribution in [2.45, 2.75) is 72.6 Å². The Kier molecular flexibility index (Phi) is 6.30. The third kappa shape index (κ3) is 4.48. The molecule has 1 aliphatic rings. The minimum Gasteiger partial charge on any atom is -0.100 e. The standard InChI is InChI=1S/C17H32/c1-6-7-9-16-10-8-11-17(15(16)5)14(4)12-13(2)3/h14-17H,2,6-12H2,1,3-5H3. The first-order valence-electron chi connectivity index (χ1n) is 7.70. The van der Waals surface area contributed by atoms with Crippen LogP contribution in [0.1, 0.15) is 72.6 Å². The van der Waals surface area contributed by atoms with Gasteiger partial charge in [-0.3, -0.25) is 0 Å². The smallest absolute Gasteiger partial charge is 0.0297 e. The highest BCUT2D eigenvalue weighted by molar-refractivity contribution is 4.93. The molecule has 0 heteroatoms. The van der Waals surface area contributed by atoms with Crippen molar-refractivity contribution in [1.29, 1.82) is 0 Å². The summed E-state index contributed by atoms with van der Waals surface area (Å²) in [5.41, 5.74) is 1.36. The Morgan fingerprint density at radius 1 is 1.35 bits per heavy atom. The van der Waals surface area contributed by atoms with Crippen LogP contribution in [0.4, 0.5) is 0 Å². The highest BCUT2D eigenvalue weighted by atomic mass is 14.4. The molecule has 0 aromatic rings. The topological polar surface area (TPSA) is 0 Å². The van der Waals surface area contributed by atoms with Crippen molar-refractivity contribution in [3.05, 3.63) is 12.2 Å². The van der Waals surface area contributed by atoms with Gasteiger partial charge in [0.2, 0.25) is 0 Å². The lowest BCUT2D eigenvalue weighted by atomic mass is 9.66. The monoisotopic (exact) mass is 236 g/mol. The minimum absolute atomic E-state index is 0.840. The number of rotatable bonds is 6. The molecule has 0 amide bonds. The molecule has 4 atom stereocenters. The summed E-state index contributed by atoms with van der Waals surface area (Å²) in [6, 6.07) is 0. The van der Waals surface area contributed by atoms with Crippen LogP contribution < -0.4 is 0 Å². The number of hydrogen-bond donors (Lipinski definition) is 0. The third-order valence-electron chi connectivity index (χ3n) is 4.86. The molecule has 0 spiro atoms. The van der Waals surface area contributed by atoms with Crippen LogP contribution in [0.5, 0.6) is 0 Å². The summed E-state index contributed by atoms with van der Waals surface area (Å²) in [6.07, 6.45) is 9.88. The van der Waals surface area contributed by atoms with Crippen molar-refractivity contribution in [2.24, 2.45) is 23.7 Å². The Bertz CT molecular complexity index is 228. The van der Waals surface area contributed by atoms with Crippen LogP contribution in [-0.4, -0.2) is 0 Å². The molecule has 0 N–H and O–H groups in total. The van der Waals surface area contributed by atoms with Crippen molar-refractivity contribution in [2.75, 3.05) is 0 Å². The summed E-state index contributed by atoms with van der Waals surface area (Å²) in [7, 11) is 0. The van der Waals surface area contributed by atoms with Crippen LogP contribution in [0.3, 0.4) is 0 Å². The predicted octanol–water partition coefficient (Wildman–Crippen LogP) is 5.83. The highest BCUT2D eigenvalue weighted by Gasteiger charge is 2.32. The van der Waals surface area contributed by atoms with Crippen molar-refractivity contribution < 1.29 is 0 Å². The molecule has 1 rings (SSSR count). The molecule has 1 aliphatic carbocycles. The molecular weight excluding hydrogens is 204 g/mol. The second kappa shape index (κ2) is 7.24. The average molecular weight is 236 g/mol. The first-order chi connectivity index (χ1) is 8.06. The first kappa shape index (κ1) is 14.8. The van der Waals surface area contributed by atoms with Gasteiger partial charge in [-0.1, -0.05) is 58.4 Å². The number of allylic oxidation sites excluding steroid dienone is 1. The van der Waals surface area contributed by atoms with E-state index in [1.165, 1.54) is 50.5 Å². The maximum Gasteiger partial charge on any atom is -0.0297 e. The lowest BCUT2D eigenvalue weighted by Gasteiger charge is -2.39. The third-order valence-corrected chi connectivity index (χ3v) is 4.86. The van der Waals surface area contributed by atoms with Crippen LogP contribution in [0.2, 0.25) is 0 Å². The summed E-state index contributed by atoms with van der Waals surface area (Å²) in [6.45, 7) is 13.5. The zero-order valence-electron chi connectivity index (χ0n) is 12.5. The fourth-order valence-electron chi connectivity index (χ4n) is 3.87. The Labute approximate surface area is 109 Å². The fourth-order valence-corrected chi connectivity index (χ4v) is 3.87. The molecule has 1 fully saturated rings. The van der Waals surface area contributed by atoms with Gasteiger partial charge < -0.3 is 0 Å². The van der Waals surface area contributed by atoms with E-state index >= 15 is 0 Å². The molecule has 4 unspecified atom stereocenters. The molecular formula is C17H32. The molecule has 0 radical (unpaired) electrons. The summed E-state index contributed by atoms with van der Waals surface area (Å²) in [4.78, 5) is 0. The maximum atomic E-state index is 4.08. The van der Waals surface area contributed by atoms with E-state index in [0.29, 0.717) is 0 Å². The number of unbranched alkanes of at least 4 members (excludes halogenated alkanes) is 1. The minimum atomic E-state index is 0.840. The van der Waals surface area contributed by atoms with Crippen molar-refractivity contribution >= 4 is 0 Å². The van der Waals surface area contributed by atoms with Crippen LogP contribution >= 0.6 is 0 Å². The van der Waals surface area contributed by atoms with Gasteiger partial charge in [0, 0.05) is 0 Å². The van der Waals surface area contributed by atoms with E-state index in [4.69, 9.17) is 0 Å². The van der Waals surface area contributed by atoms with Crippen molar-refractivity contribution in [3.63, 3.8) is 0 Å². The number of hydrogen-bond acceptors (Lipinski definition) is 0. The van der Waals surface area contributed by atoms with Gasteiger partial charge in [0.25, 0.3) is 0 Å². The zero-order valence-corrected chi connectivity index (χ0v) is 12.5. The Balaban J connectivity index is 2.51. The van der Waals surface area contributed by atoms with E-state index in [-0.39, 0.29) is 0 Å². The second-order valence-electron chi connectivity index (χ2n) is 6.49. The van der Waals surface area contributed by atoms with Gasteiger partial charge in [-0.05, 0) is 43.4 Å². The average Bonchev–Trinajstić information content (AvgIpc) is 2.26. The zero-order chi connectivity index (χ0) is 12.8. The summed E-state index contributed by atoms with van der Waals surface area (Å²) in [5.74, 6) is 3.72. The molecule has 0 saturated heterocycles. The summed E-state index contributed by atoms with van der Waals surface area (Å²) >= 11 is 0. The van der Waals surface area contributed by atoms with Gasteiger partial charge in [-0.25, -0.2) is 0 Å². The summed E-state index contributed by atoms with van der Waals surface area (Å²) < 4.78 is 0. The molecule has 17 heavy (non-hydrogen) atoms. The van der Waals surface area contributed by atoms with Crippen LogP contribution in [0, 0.1) is 23.7 Å². The van der Waals surface area contributed by atoms with Crippen LogP contribution in [0.25, 0.3) is 0 Å². The van der Waals surface area contributed by atoms with Gasteiger partial charge in [0.1, 0.15) is 0 Å². The van der Waals surface area contributed by atoms with E-state index in [1.807, 2.05) is 0 Å². The van der Waals surface area contributed by atoms with Crippen molar-refractivity contribution in [3.8, 4) is 0 Å². The molecule has 100 valence electrons. The Morgan fingerprint density at radius 2 is 2.06 bits per heavy atom. The molecule has 0 nitrogen and oxygen atoms in total. The predicted molar refractivity (Wildman–Crippen MR) is 78.1 cm³/mol. The largest absolute Gasteiger partial charge is 0.100 e.